The molecule has 0 atom stereocenters. The van der Waals surface area contributed by atoms with Gasteiger partial charge in [0.1, 0.15) is 11.6 Å². The molecule has 4 nitrogen and oxygen atoms in total. The van der Waals surface area contributed by atoms with Gasteiger partial charge in [0.2, 0.25) is 5.89 Å². The van der Waals surface area contributed by atoms with Crippen molar-refractivity contribution in [2.45, 2.75) is 26.7 Å². The third kappa shape index (κ3) is 1.93. The predicted molar refractivity (Wildman–Crippen MR) is 75.0 cm³/mol. The Kier molecular flexibility index (Phi) is 2.66. The highest BCUT2D eigenvalue weighted by atomic mass is 16.4. The van der Waals surface area contributed by atoms with E-state index < -0.39 is 0 Å². The van der Waals surface area contributed by atoms with E-state index in [1.165, 1.54) is 0 Å². The molecule has 4 heteroatoms. The maximum atomic E-state index is 5.77. The van der Waals surface area contributed by atoms with Crippen LogP contribution in [0.4, 0.5) is 0 Å². The molecule has 0 saturated heterocycles. The van der Waals surface area contributed by atoms with Gasteiger partial charge >= 0.3 is 0 Å². The monoisotopic (exact) mass is 255 g/mol. The van der Waals surface area contributed by atoms with Crippen LogP contribution in [0, 0.1) is 6.92 Å². The summed E-state index contributed by atoms with van der Waals surface area (Å²) in [5, 5.41) is 0. The Morgan fingerprint density at radius 1 is 1.26 bits per heavy atom. The number of hydrogen-bond acceptors (Lipinski definition) is 3. The minimum absolute atomic E-state index is 0.349. The summed E-state index contributed by atoms with van der Waals surface area (Å²) in [4.78, 5) is 8.88. The van der Waals surface area contributed by atoms with Gasteiger partial charge in [0.15, 0.2) is 0 Å². The van der Waals surface area contributed by atoms with Crippen LogP contribution in [-0.4, -0.2) is 14.5 Å². The number of nitrogens with zero attached hydrogens (tertiary/aromatic N) is 3. The SMILES string of the molecule is Cc1nc2cc(-c3ncc(C(C)C)o3)ccc2n1C. The van der Waals surface area contributed by atoms with Crippen molar-refractivity contribution in [3.05, 3.63) is 36.0 Å². The van der Waals surface area contributed by atoms with Crippen LogP contribution in [-0.2, 0) is 7.05 Å². The summed E-state index contributed by atoms with van der Waals surface area (Å²) in [6, 6.07) is 6.11. The van der Waals surface area contributed by atoms with E-state index in [4.69, 9.17) is 4.42 Å². The normalized spacial score (nSPS) is 11.6. The maximum Gasteiger partial charge on any atom is 0.226 e. The molecule has 0 aliphatic heterocycles. The Labute approximate surface area is 112 Å². The summed E-state index contributed by atoms with van der Waals surface area (Å²) in [6.45, 7) is 6.19. The average molecular weight is 255 g/mol. The van der Waals surface area contributed by atoms with Crippen molar-refractivity contribution in [1.82, 2.24) is 14.5 Å². The predicted octanol–water partition coefficient (Wildman–Crippen LogP) is 3.66. The zero-order chi connectivity index (χ0) is 13.6. The molecule has 2 heterocycles. The summed E-state index contributed by atoms with van der Waals surface area (Å²) >= 11 is 0. The lowest BCUT2D eigenvalue weighted by molar-refractivity contribution is 0.495. The summed E-state index contributed by atoms with van der Waals surface area (Å²) in [5.41, 5.74) is 3.07. The number of aromatic nitrogens is 3. The first kappa shape index (κ1) is 12.0. The molecular formula is C15H17N3O. The van der Waals surface area contributed by atoms with Gasteiger partial charge in [-0.3, -0.25) is 0 Å². The number of aryl methyl sites for hydroxylation is 2. The van der Waals surface area contributed by atoms with Crippen molar-refractivity contribution < 1.29 is 4.42 Å². The highest BCUT2D eigenvalue weighted by Gasteiger charge is 2.11. The largest absolute Gasteiger partial charge is 0.441 e. The van der Waals surface area contributed by atoms with Gasteiger partial charge in [-0.25, -0.2) is 9.97 Å². The molecule has 0 aliphatic carbocycles. The minimum atomic E-state index is 0.349. The zero-order valence-corrected chi connectivity index (χ0v) is 11.6. The van der Waals surface area contributed by atoms with Crippen LogP contribution < -0.4 is 0 Å². The van der Waals surface area contributed by atoms with Gasteiger partial charge < -0.3 is 8.98 Å². The van der Waals surface area contributed by atoms with Crippen LogP contribution in [0.1, 0.15) is 31.4 Å². The van der Waals surface area contributed by atoms with Gasteiger partial charge in [-0.05, 0) is 25.1 Å². The Balaban J connectivity index is 2.09. The van der Waals surface area contributed by atoms with Crippen molar-refractivity contribution in [2.24, 2.45) is 7.05 Å². The van der Waals surface area contributed by atoms with Gasteiger partial charge in [-0.2, -0.15) is 0 Å². The van der Waals surface area contributed by atoms with Gasteiger partial charge in [0, 0.05) is 18.5 Å². The van der Waals surface area contributed by atoms with Crippen LogP contribution in [0.2, 0.25) is 0 Å². The fourth-order valence-electron chi connectivity index (χ4n) is 2.14. The van der Waals surface area contributed by atoms with Crippen LogP contribution in [0.5, 0.6) is 0 Å². The molecular weight excluding hydrogens is 238 g/mol. The first-order valence-corrected chi connectivity index (χ1v) is 6.45. The molecule has 0 saturated carbocycles. The van der Waals surface area contributed by atoms with Crippen molar-refractivity contribution in [1.29, 1.82) is 0 Å². The van der Waals surface area contributed by atoms with E-state index in [2.05, 4.69) is 34.4 Å². The van der Waals surface area contributed by atoms with Crippen LogP contribution in [0.25, 0.3) is 22.5 Å². The highest BCUT2D eigenvalue weighted by Crippen LogP contribution is 2.26. The smallest absolute Gasteiger partial charge is 0.226 e. The van der Waals surface area contributed by atoms with E-state index in [9.17, 15) is 0 Å². The first-order valence-electron chi connectivity index (χ1n) is 6.45. The van der Waals surface area contributed by atoms with Crippen molar-refractivity contribution in [3.63, 3.8) is 0 Å². The number of oxazole rings is 1. The third-order valence-electron chi connectivity index (χ3n) is 3.44. The number of fused-ring (bicyclic) bond motifs is 1. The first-order chi connectivity index (χ1) is 9.06. The third-order valence-corrected chi connectivity index (χ3v) is 3.44. The van der Waals surface area contributed by atoms with Gasteiger partial charge in [0.05, 0.1) is 17.2 Å². The fourth-order valence-corrected chi connectivity index (χ4v) is 2.14. The fraction of sp³-hybridized carbons (Fsp3) is 0.333. The molecule has 3 aromatic rings. The van der Waals surface area contributed by atoms with E-state index in [0.29, 0.717) is 11.8 Å². The van der Waals surface area contributed by atoms with E-state index in [1.807, 2.05) is 26.1 Å². The molecule has 0 aliphatic rings. The summed E-state index contributed by atoms with van der Waals surface area (Å²) in [7, 11) is 2.02. The molecule has 0 amide bonds. The second kappa shape index (κ2) is 4.23. The topological polar surface area (TPSA) is 43.9 Å². The summed E-state index contributed by atoms with van der Waals surface area (Å²) in [5.74, 6) is 2.92. The maximum absolute atomic E-state index is 5.77. The van der Waals surface area contributed by atoms with E-state index in [-0.39, 0.29) is 0 Å². The lowest BCUT2D eigenvalue weighted by Gasteiger charge is -1.99. The van der Waals surface area contributed by atoms with Crippen LogP contribution in [0.15, 0.2) is 28.8 Å². The molecule has 0 bridgehead atoms. The standard InChI is InChI=1S/C15H17N3O/c1-9(2)14-8-16-15(19-14)11-5-6-13-12(7-11)17-10(3)18(13)4/h5-9H,1-4H3. The average Bonchev–Trinajstić information content (AvgIpc) is 2.96. The molecule has 0 spiro atoms. The second-order valence-corrected chi connectivity index (χ2v) is 5.14. The minimum Gasteiger partial charge on any atom is -0.441 e. The summed E-state index contributed by atoms with van der Waals surface area (Å²) in [6.07, 6.45) is 1.80. The number of hydrogen-bond donors (Lipinski definition) is 0. The summed E-state index contributed by atoms with van der Waals surface area (Å²) < 4.78 is 7.85. The molecule has 0 unspecified atom stereocenters. The lowest BCUT2D eigenvalue weighted by atomic mass is 10.2. The molecule has 2 aromatic heterocycles. The second-order valence-electron chi connectivity index (χ2n) is 5.14. The van der Waals surface area contributed by atoms with E-state index in [0.717, 1.165) is 28.2 Å². The van der Waals surface area contributed by atoms with Crippen LogP contribution >= 0.6 is 0 Å². The molecule has 0 N–H and O–H groups in total. The molecule has 19 heavy (non-hydrogen) atoms. The molecule has 1 aromatic carbocycles. The van der Waals surface area contributed by atoms with E-state index >= 15 is 0 Å². The lowest BCUT2D eigenvalue weighted by Crippen LogP contribution is -1.89. The number of imidazole rings is 1. The Hall–Kier alpha value is -2.10. The number of benzene rings is 1. The van der Waals surface area contributed by atoms with Crippen molar-refractivity contribution in [3.8, 4) is 11.5 Å². The molecule has 98 valence electrons. The Morgan fingerprint density at radius 2 is 2.05 bits per heavy atom. The van der Waals surface area contributed by atoms with Gasteiger partial charge in [-0.15, -0.1) is 0 Å². The van der Waals surface area contributed by atoms with Gasteiger partial charge in [0.25, 0.3) is 0 Å². The quantitative estimate of drug-likeness (QED) is 0.702. The molecule has 0 fully saturated rings. The zero-order valence-electron chi connectivity index (χ0n) is 11.6. The van der Waals surface area contributed by atoms with E-state index in [1.54, 1.807) is 6.20 Å². The molecule has 0 radical (unpaired) electrons. The van der Waals surface area contributed by atoms with Crippen molar-refractivity contribution >= 4 is 11.0 Å². The van der Waals surface area contributed by atoms with Gasteiger partial charge in [-0.1, -0.05) is 13.8 Å². The number of rotatable bonds is 2. The molecule has 3 rings (SSSR count). The Bertz CT molecular complexity index is 737. The van der Waals surface area contributed by atoms with Crippen LogP contribution in [0.3, 0.4) is 0 Å². The Morgan fingerprint density at radius 3 is 2.74 bits per heavy atom. The highest BCUT2D eigenvalue weighted by molar-refractivity contribution is 5.80. The van der Waals surface area contributed by atoms with Crippen molar-refractivity contribution in [2.75, 3.05) is 0 Å².